The van der Waals surface area contributed by atoms with Crippen LogP contribution in [0.15, 0.2) is 83.8 Å². The maximum Gasteiger partial charge on any atom is 0.178 e. The van der Waals surface area contributed by atoms with Crippen LogP contribution in [0.3, 0.4) is 0 Å². The van der Waals surface area contributed by atoms with Gasteiger partial charge in [0.2, 0.25) is 0 Å². The number of rotatable bonds is 9. The zero-order valence-corrected chi connectivity index (χ0v) is 19.5. The number of tetrazole rings is 1. The lowest BCUT2D eigenvalue weighted by Gasteiger charge is -2.21. The van der Waals surface area contributed by atoms with Crippen molar-refractivity contribution in [2.75, 3.05) is 12.4 Å². The predicted octanol–water partition coefficient (Wildman–Crippen LogP) is 4.11. The zero-order chi connectivity index (χ0) is 23.2. The van der Waals surface area contributed by atoms with Crippen molar-refractivity contribution in [3.63, 3.8) is 0 Å². The molecule has 0 saturated heterocycles. The molecule has 0 fully saturated rings. The van der Waals surface area contributed by atoms with Gasteiger partial charge in [-0.1, -0.05) is 24.8 Å². The predicted molar refractivity (Wildman–Crippen MR) is 132 cm³/mol. The van der Waals surface area contributed by atoms with Gasteiger partial charge in [-0.15, -0.1) is 5.10 Å². The summed E-state index contributed by atoms with van der Waals surface area (Å²) in [5.74, 6) is 1.37. The minimum atomic E-state index is -0.352. The van der Waals surface area contributed by atoms with Crippen LogP contribution in [0.4, 0.5) is 5.69 Å². The van der Waals surface area contributed by atoms with E-state index >= 15 is 0 Å². The molecule has 4 N–H and O–H groups in total. The van der Waals surface area contributed by atoms with Crippen molar-refractivity contribution >= 4 is 32.7 Å². The summed E-state index contributed by atoms with van der Waals surface area (Å²) < 4.78 is 7.96. The molecule has 2 aromatic carbocycles. The molecule has 4 rings (SSSR count). The lowest BCUT2D eigenvalue weighted by atomic mass is 10.0. The van der Waals surface area contributed by atoms with E-state index in [4.69, 9.17) is 10.5 Å². The van der Waals surface area contributed by atoms with Gasteiger partial charge in [0, 0.05) is 5.69 Å². The average molecular weight is 507 g/mol. The molecule has 0 aliphatic heterocycles. The molecule has 0 saturated carbocycles. The molecule has 0 radical (unpaired) electrons. The third kappa shape index (κ3) is 4.96. The molecule has 168 valence electrons. The monoisotopic (exact) mass is 506 g/mol. The average Bonchev–Trinajstić information content (AvgIpc) is 3.49. The highest BCUT2D eigenvalue weighted by molar-refractivity contribution is 9.10. The molecule has 0 aliphatic rings. The van der Waals surface area contributed by atoms with Crippen molar-refractivity contribution in [3.05, 3.63) is 95.2 Å². The summed E-state index contributed by atoms with van der Waals surface area (Å²) in [6.45, 7) is 4.31. The summed E-state index contributed by atoms with van der Waals surface area (Å²) in [7, 11) is 1.63. The van der Waals surface area contributed by atoms with Gasteiger partial charge >= 0.3 is 0 Å². The number of aromatic nitrogens is 6. The van der Waals surface area contributed by atoms with Crippen LogP contribution in [-0.4, -0.2) is 37.3 Å². The Balaban J connectivity index is 1.75. The number of anilines is 1. The number of allylic oxidation sites excluding steroid dienone is 4. The van der Waals surface area contributed by atoms with Gasteiger partial charge in [0.1, 0.15) is 11.8 Å². The third-order valence-corrected chi connectivity index (χ3v) is 5.70. The first-order valence-electron chi connectivity index (χ1n) is 10.1. The van der Waals surface area contributed by atoms with Gasteiger partial charge < -0.3 is 20.8 Å². The van der Waals surface area contributed by atoms with Gasteiger partial charge in [-0.25, -0.2) is 9.67 Å². The van der Waals surface area contributed by atoms with E-state index in [2.05, 4.69) is 53.3 Å². The topological polar surface area (TPSA) is 120 Å². The summed E-state index contributed by atoms with van der Waals surface area (Å²) in [6, 6.07) is 11.5. The summed E-state index contributed by atoms with van der Waals surface area (Å²) in [5, 5.41) is 16.1. The first-order chi connectivity index (χ1) is 16.1. The molecular weight excluding hydrogens is 484 g/mol. The van der Waals surface area contributed by atoms with Crippen molar-refractivity contribution in [3.8, 4) is 5.75 Å². The maximum atomic E-state index is 5.48. The fraction of sp³-hybridized carbons (Fsp3) is 0.130. The van der Waals surface area contributed by atoms with E-state index in [0.717, 1.165) is 38.1 Å². The zero-order valence-electron chi connectivity index (χ0n) is 17.9. The summed E-state index contributed by atoms with van der Waals surface area (Å²) in [6.07, 6.45) is 8.51. The number of hydrogen-bond donors (Lipinski definition) is 3. The molecule has 0 amide bonds. The number of halogens is 1. The number of imidazole rings is 1. The van der Waals surface area contributed by atoms with Crippen molar-refractivity contribution in [2.24, 2.45) is 5.73 Å². The number of nitrogens with one attached hydrogen (secondary N) is 2. The lowest BCUT2D eigenvalue weighted by molar-refractivity contribution is 0.412. The Bertz CT molecular complexity index is 1320. The van der Waals surface area contributed by atoms with Crippen LogP contribution in [0.25, 0.3) is 11.0 Å². The minimum Gasteiger partial charge on any atom is -0.496 e. The summed E-state index contributed by atoms with van der Waals surface area (Å²) in [4.78, 5) is 7.46. The van der Waals surface area contributed by atoms with E-state index in [0.29, 0.717) is 12.4 Å². The highest BCUT2D eigenvalue weighted by Gasteiger charge is 2.23. The molecule has 0 bridgehead atoms. The van der Waals surface area contributed by atoms with E-state index < -0.39 is 0 Å². The molecular formula is C23H23BrN8O. The number of nitrogens with zero attached hydrogens (tertiary/aromatic N) is 5. The number of ether oxygens (including phenoxy) is 1. The van der Waals surface area contributed by atoms with Crippen molar-refractivity contribution in [1.82, 2.24) is 30.2 Å². The van der Waals surface area contributed by atoms with Gasteiger partial charge in [-0.2, -0.15) is 0 Å². The molecule has 33 heavy (non-hydrogen) atoms. The molecule has 1 unspecified atom stereocenters. The number of fused-ring (bicyclic) bond motifs is 1. The molecule has 4 aromatic rings. The number of benzene rings is 2. The van der Waals surface area contributed by atoms with E-state index in [1.807, 2.05) is 42.5 Å². The number of hydrogen-bond acceptors (Lipinski definition) is 7. The molecule has 2 heterocycles. The van der Waals surface area contributed by atoms with Gasteiger partial charge in [-0.05, 0) is 80.1 Å². The van der Waals surface area contributed by atoms with Gasteiger partial charge in [0.25, 0.3) is 0 Å². The highest BCUT2D eigenvalue weighted by Crippen LogP contribution is 2.32. The smallest absolute Gasteiger partial charge is 0.178 e. The van der Waals surface area contributed by atoms with Crippen LogP contribution in [0, 0.1) is 0 Å². The van der Waals surface area contributed by atoms with Crippen LogP contribution in [0.5, 0.6) is 5.75 Å². The quantitative estimate of drug-likeness (QED) is 0.292. The van der Waals surface area contributed by atoms with Gasteiger partial charge in [0.15, 0.2) is 5.82 Å². The number of H-pyrrole nitrogens is 1. The van der Waals surface area contributed by atoms with Crippen molar-refractivity contribution in [2.45, 2.75) is 12.6 Å². The second kappa shape index (κ2) is 10.1. The van der Waals surface area contributed by atoms with Gasteiger partial charge in [0.05, 0.1) is 35.5 Å². The van der Waals surface area contributed by atoms with Crippen LogP contribution < -0.4 is 15.8 Å². The SMILES string of the molecule is C=C/C(=C\C=C/N)Cn1nnnc1C(Nc1ccc2[nH]cnc2c1)c1ccc(OC)c(Br)c1. The maximum absolute atomic E-state index is 5.48. The Morgan fingerprint density at radius 1 is 1.33 bits per heavy atom. The second-order valence-corrected chi connectivity index (χ2v) is 7.99. The van der Waals surface area contributed by atoms with Crippen LogP contribution >= 0.6 is 15.9 Å². The Morgan fingerprint density at radius 2 is 2.21 bits per heavy atom. The van der Waals surface area contributed by atoms with E-state index in [1.54, 1.807) is 30.3 Å². The first-order valence-corrected chi connectivity index (χ1v) is 10.9. The number of methoxy groups -OCH3 is 1. The van der Waals surface area contributed by atoms with Crippen LogP contribution in [0.1, 0.15) is 17.4 Å². The van der Waals surface area contributed by atoms with E-state index in [9.17, 15) is 0 Å². The largest absolute Gasteiger partial charge is 0.496 e. The standard InChI is InChI=1S/C23H23BrN8O/c1-3-15(5-4-10-25)13-32-23(29-30-31-32)22(16-6-9-21(33-2)18(24)11-16)28-17-7-8-19-20(12-17)27-14-26-19/h3-12,14,22,28H,1,13,25H2,2H3,(H,26,27)/b10-4-,15-5+. The van der Waals surface area contributed by atoms with E-state index in [-0.39, 0.29) is 6.04 Å². The lowest BCUT2D eigenvalue weighted by Crippen LogP contribution is -2.19. The molecule has 1 atom stereocenters. The Hall–Kier alpha value is -3.92. The summed E-state index contributed by atoms with van der Waals surface area (Å²) >= 11 is 3.58. The van der Waals surface area contributed by atoms with Gasteiger partial charge in [-0.3, -0.25) is 0 Å². The normalized spacial score (nSPS) is 12.8. The molecule has 10 heteroatoms. The molecule has 0 spiro atoms. The van der Waals surface area contributed by atoms with Crippen molar-refractivity contribution in [1.29, 1.82) is 0 Å². The highest BCUT2D eigenvalue weighted by atomic mass is 79.9. The number of nitrogens with two attached hydrogens (primary N) is 1. The summed E-state index contributed by atoms with van der Waals surface area (Å²) in [5.41, 5.74) is 10.0. The Morgan fingerprint density at radius 3 is 2.97 bits per heavy atom. The number of aromatic amines is 1. The van der Waals surface area contributed by atoms with Crippen LogP contribution in [-0.2, 0) is 6.54 Å². The Labute approximate surface area is 199 Å². The fourth-order valence-electron chi connectivity index (χ4n) is 3.42. The minimum absolute atomic E-state index is 0.352. The van der Waals surface area contributed by atoms with Crippen LogP contribution in [0.2, 0.25) is 0 Å². The van der Waals surface area contributed by atoms with E-state index in [1.165, 1.54) is 6.20 Å². The molecule has 0 aliphatic carbocycles. The van der Waals surface area contributed by atoms with Crippen molar-refractivity contribution < 1.29 is 4.74 Å². The molecule has 9 nitrogen and oxygen atoms in total. The second-order valence-electron chi connectivity index (χ2n) is 7.13. The first kappa shape index (κ1) is 22.3. The fourth-order valence-corrected chi connectivity index (χ4v) is 3.97. The Kier molecular flexibility index (Phi) is 6.84. The molecule has 2 aromatic heterocycles. The third-order valence-electron chi connectivity index (χ3n) is 5.08.